The quantitative estimate of drug-likeness (QED) is 0.662. The van der Waals surface area contributed by atoms with Gasteiger partial charge in [-0.1, -0.05) is 62.7 Å². The molecule has 2 amide bonds. The van der Waals surface area contributed by atoms with Gasteiger partial charge >= 0.3 is 0 Å². The summed E-state index contributed by atoms with van der Waals surface area (Å²) >= 11 is 0. The predicted molar refractivity (Wildman–Crippen MR) is 101 cm³/mol. The van der Waals surface area contributed by atoms with Crippen LogP contribution in [0.15, 0.2) is 54.6 Å². The molecule has 0 saturated heterocycles. The highest BCUT2D eigenvalue weighted by Crippen LogP contribution is 2.22. The Balaban J connectivity index is 1.88. The first-order valence-corrected chi connectivity index (χ1v) is 8.21. The number of hydrogen-bond donors (Lipinski definition) is 2. The summed E-state index contributed by atoms with van der Waals surface area (Å²) in [6, 6.07) is 15.2. The van der Waals surface area contributed by atoms with Crippen molar-refractivity contribution in [3.63, 3.8) is 0 Å². The summed E-state index contributed by atoms with van der Waals surface area (Å²) in [5, 5.41) is 0. The zero-order valence-electron chi connectivity index (χ0n) is 15.1. The third kappa shape index (κ3) is 5.60. The Morgan fingerprint density at radius 1 is 0.880 bits per heavy atom. The lowest BCUT2D eigenvalue weighted by Crippen LogP contribution is -2.40. The summed E-state index contributed by atoms with van der Waals surface area (Å²) < 4.78 is 0. The second-order valence-electron chi connectivity index (χ2n) is 7.01. The molecule has 0 aliphatic carbocycles. The molecule has 0 spiro atoms. The lowest BCUT2D eigenvalue weighted by molar-refractivity contribution is -0.117. The second kappa shape index (κ2) is 7.79. The zero-order valence-corrected chi connectivity index (χ0v) is 15.1. The van der Waals surface area contributed by atoms with Crippen molar-refractivity contribution in [2.24, 2.45) is 0 Å². The van der Waals surface area contributed by atoms with Gasteiger partial charge < -0.3 is 0 Å². The minimum Gasteiger partial charge on any atom is -0.268 e. The number of carbonyl (C=O) groups excluding carboxylic acids is 2. The van der Waals surface area contributed by atoms with Crippen LogP contribution in [0.1, 0.15) is 47.8 Å². The van der Waals surface area contributed by atoms with Gasteiger partial charge in [0.15, 0.2) is 0 Å². The minimum atomic E-state index is -0.389. The smallest absolute Gasteiger partial charge is 0.268 e. The summed E-state index contributed by atoms with van der Waals surface area (Å²) in [7, 11) is 0. The number of carbonyl (C=O) groups is 2. The first kappa shape index (κ1) is 18.5. The summed E-state index contributed by atoms with van der Waals surface area (Å²) in [4.78, 5) is 23.7. The molecule has 4 nitrogen and oxygen atoms in total. The molecule has 0 aliphatic heterocycles. The van der Waals surface area contributed by atoms with Gasteiger partial charge in [-0.2, -0.15) is 0 Å². The molecule has 4 heteroatoms. The third-order valence-electron chi connectivity index (χ3n) is 3.82. The molecule has 0 heterocycles. The summed E-state index contributed by atoms with van der Waals surface area (Å²) in [6.45, 7) is 8.41. The largest absolute Gasteiger partial charge is 0.269 e. The Morgan fingerprint density at radius 3 is 2.04 bits per heavy atom. The molecule has 0 aliphatic rings. The van der Waals surface area contributed by atoms with Gasteiger partial charge in [-0.15, -0.1) is 0 Å². The molecule has 0 fully saturated rings. The van der Waals surface area contributed by atoms with E-state index in [1.54, 1.807) is 18.2 Å². The van der Waals surface area contributed by atoms with Gasteiger partial charge in [-0.3, -0.25) is 20.4 Å². The number of rotatable bonds is 3. The third-order valence-corrected chi connectivity index (χ3v) is 3.82. The highest BCUT2D eigenvalue weighted by Gasteiger charge is 2.12. The highest BCUT2D eigenvalue weighted by atomic mass is 16.2. The zero-order chi connectivity index (χ0) is 18.4. The van der Waals surface area contributed by atoms with Crippen molar-refractivity contribution in [2.75, 3.05) is 0 Å². The minimum absolute atomic E-state index is 0.0971. The molecule has 0 atom stereocenters. The standard InChI is InChI=1S/C21H24N2O2/c1-15-5-10-17(11-6-15)20(25)23-22-19(24)14-9-16-7-12-18(13-8-16)21(2,3)4/h5-14H,1-4H3,(H,22,24)(H,23,25)/b14-9+. The molecule has 2 N–H and O–H groups in total. The van der Waals surface area contributed by atoms with Crippen LogP contribution in [0.3, 0.4) is 0 Å². The molecule has 2 rings (SSSR count). The molecule has 0 bridgehead atoms. The maximum absolute atomic E-state index is 11.9. The van der Waals surface area contributed by atoms with Crippen molar-refractivity contribution in [1.82, 2.24) is 10.9 Å². The Labute approximate surface area is 148 Å². The van der Waals surface area contributed by atoms with E-state index >= 15 is 0 Å². The Bertz CT molecular complexity index is 767. The van der Waals surface area contributed by atoms with Crippen LogP contribution in [-0.2, 0) is 10.2 Å². The summed E-state index contributed by atoms with van der Waals surface area (Å²) in [5.74, 6) is -0.739. The number of aryl methyl sites for hydroxylation is 1. The van der Waals surface area contributed by atoms with Crippen LogP contribution in [0, 0.1) is 6.92 Å². The predicted octanol–water partition coefficient (Wildman–Crippen LogP) is 3.77. The number of amides is 2. The fraction of sp³-hybridized carbons (Fsp3) is 0.238. The first-order valence-electron chi connectivity index (χ1n) is 8.21. The molecule has 25 heavy (non-hydrogen) atoms. The van der Waals surface area contributed by atoms with E-state index in [0.29, 0.717) is 5.56 Å². The van der Waals surface area contributed by atoms with E-state index in [-0.39, 0.29) is 17.2 Å². The van der Waals surface area contributed by atoms with E-state index in [2.05, 4.69) is 43.8 Å². The van der Waals surface area contributed by atoms with Gasteiger partial charge in [0.2, 0.25) is 0 Å². The molecule has 0 aromatic heterocycles. The molecule has 0 radical (unpaired) electrons. The van der Waals surface area contributed by atoms with Crippen LogP contribution < -0.4 is 10.9 Å². The Kier molecular flexibility index (Phi) is 5.75. The van der Waals surface area contributed by atoms with Crippen LogP contribution in [0.5, 0.6) is 0 Å². The highest BCUT2D eigenvalue weighted by molar-refractivity contribution is 5.97. The van der Waals surface area contributed by atoms with Crippen molar-refractivity contribution in [3.05, 3.63) is 76.9 Å². The fourth-order valence-electron chi connectivity index (χ4n) is 2.20. The number of nitrogens with one attached hydrogen (secondary N) is 2. The van der Waals surface area contributed by atoms with Crippen molar-refractivity contribution in [1.29, 1.82) is 0 Å². The average Bonchev–Trinajstić information content (AvgIpc) is 2.58. The lowest BCUT2D eigenvalue weighted by Gasteiger charge is -2.18. The lowest BCUT2D eigenvalue weighted by atomic mass is 9.87. The second-order valence-corrected chi connectivity index (χ2v) is 7.01. The SMILES string of the molecule is Cc1ccc(C(=O)NNC(=O)/C=C/c2ccc(C(C)(C)C)cc2)cc1. The van der Waals surface area contributed by atoms with Crippen molar-refractivity contribution in [3.8, 4) is 0 Å². The van der Waals surface area contributed by atoms with E-state index < -0.39 is 0 Å². The average molecular weight is 336 g/mol. The first-order chi connectivity index (χ1) is 11.8. The Morgan fingerprint density at radius 2 is 1.48 bits per heavy atom. The van der Waals surface area contributed by atoms with Gasteiger partial charge in [0, 0.05) is 11.6 Å². The van der Waals surface area contributed by atoms with Gasteiger partial charge in [-0.25, -0.2) is 0 Å². The monoisotopic (exact) mass is 336 g/mol. The van der Waals surface area contributed by atoms with Crippen LogP contribution in [-0.4, -0.2) is 11.8 Å². The van der Waals surface area contributed by atoms with E-state index in [1.165, 1.54) is 11.6 Å². The van der Waals surface area contributed by atoms with Crippen molar-refractivity contribution in [2.45, 2.75) is 33.1 Å². The fourth-order valence-corrected chi connectivity index (χ4v) is 2.20. The van der Waals surface area contributed by atoms with Gasteiger partial charge in [0.1, 0.15) is 0 Å². The number of hydrazine groups is 1. The molecule has 0 unspecified atom stereocenters. The van der Waals surface area contributed by atoms with Gasteiger partial charge in [-0.05, 0) is 41.7 Å². The molecule has 0 saturated carbocycles. The maximum atomic E-state index is 11.9. The number of benzene rings is 2. The van der Waals surface area contributed by atoms with Crippen LogP contribution in [0.2, 0.25) is 0 Å². The molecule has 2 aromatic rings. The Hall–Kier alpha value is -2.88. The van der Waals surface area contributed by atoms with E-state index in [4.69, 9.17) is 0 Å². The summed E-state index contributed by atoms with van der Waals surface area (Å²) in [5.41, 5.74) is 8.59. The summed E-state index contributed by atoms with van der Waals surface area (Å²) in [6.07, 6.45) is 3.10. The van der Waals surface area contributed by atoms with E-state index in [9.17, 15) is 9.59 Å². The van der Waals surface area contributed by atoms with Crippen molar-refractivity contribution < 1.29 is 9.59 Å². The van der Waals surface area contributed by atoms with Crippen LogP contribution >= 0.6 is 0 Å². The normalized spacial score (nSPS) is 11.4. The van der Waals surface area contributed by atoms with E-state index in [1.807, 2.05) is 31.2 Å². The topological polar surface area (TPSA) is 58.2 Å². The van der Waals surface area contributed by atoms with Gasteiger partial charge in [0.05, 0.1) is 0 Å². The molecule has 130 valence electrons. The maximum Gasteiger partial charge on any atom is 0.269 e. The number of hydrogen-bond acceptors (Lipinski definition) is 2. The molecular formula is C21H24N2O2. The molecular weight excluding hydrogens is 312 g/mol. The molecule has 2 aromatic carbocycles. The van der Waals surface area contributed by atoms with Crippen molar-refractivity contribution >= 4 is 17.9 Å². The van der Waals surface area contributed by atoms with E-state index in [0.717, 1.165) is 11.1 Å². The van der Waals surface area contributed by atoms with Gasteiger partial charge in [0.25, 0.3) is 11.8 Å². The van der Waals surface area contributed by atoms with Crippen LogP contribution in [0.25, 0.3) is 6.08 Å². The van der Waals surface area contributed by atoms with Crippen LogP contribution in [0.4, 0.5) is 0 Å².